The molecule has 1 rings (SSSR count). The molecule has 0 amide bonds. The molecule has 1 N–H and O–H groups in total. The number of aryl methyl sites for hydroxylation is 1. The van der Waals surface area contributed by atoms with Crippen LogP contribution in [0.1, 0.15) is 44.2 Å². The van der Waals surface area contributed by atoms with Crippen LogP contribution in [0.15, 0.2) is 22.7 Å². The van der Waals surface area contributed by atoms with Gasteiger partial charge in [-0.2, -0.15) is 0 Å². The first kappa shape index (κ1) is 14.7. The standard InChI is InChI=1S/C15H24BrN/c1-12(2)6-4-5-9-17-11-14-7-8-15(16)13(3)10-14/h7-8,10,12,17H,4-6,9,11H2,1-3H3. The van der Waals surface area contributed by atoms with E-state index in [9.17, 15) is 0 Å². The van der Waals surface area contributed by atoms with Crippen LogP contribution in [0.2, 0.25) is 0 Å². The van der Waals surface area contributed by atoms with E-state index in [1.807, 2.05) is 0 Å². The van der Waals surface area contributed by atoms with Gasteiger partial charge in [0.05, 0.1) is 0 Å². The third-order valence-corrected chi connectivity index (χ3v) is 3.83. The fourth-order valence-electron chi connectivity index (χ4n) is 1.85. The van der Waals surface area contributed by atoms with Crippen LogP contribution in [0, 0.1) is 12.8 Å². The maximum absolute atomic E-state index is 3.52. The smallest absolute Gasteiger partial charge is 0.0205 e. The van der Waals surface area contributed by atoms with Gasteiger partial charge >= 0.3 is 0 Å². The monoisotopic (exact) mass is 297 g/mol. The molecule has 0 saturated carbocycles. The minimum Gasteiger partial charge on any atom is -0.313 e. The minimum absolute atomic E-state index is 0.837. The van der Waals surface area contributed by atoms with Crippen molar-refractivity contribution in [2.24, 2.45) is 5.92 Å². The van der Waals surface area contributed by atoms with Crippen LogP contribution in [0.3, 0.4) is 0 Å². The SMILES string of the molecule is Cc1cc(CNCCCCC(C)C)ccc1Br. The van der Waals surface area contributed by atoms with E-state index in [-0.39, 0.29) is 0 Å². The van der Waals surface area contributed by atoms with Crippen molar-refractivity contribution in [2.45, 2.75) is 46.6 Å². The highest BCUT2D eigenvalue weighted by atomic mass is 79.9. The summed E-state index contributed by atoms with van der Waals surface area (Å²) in [6, 6.07) is 6.55. The third kappa shape index (κ3) is 6.23. The van der Waals surface area contributed by atoms with Gasteiger partial charge in [-0.05, 0) is 43.0 Å². The molecular formula is C15H24BrN. The second-order valence-corrected chi connectivity index (χ2v) is 6.00. The van der Waals surface area contributed by atoms with Crippen LogP contribution in [-0.4, -0.2) is 6.54 Å². The van der Waals surface area contributed by atoms with E-state index in [1.54, 1.807) is 0 Å². The summed E-state index contributed by atoms with van der Waals surface area (Å²) in [7, 11) is 0. The predicted octanol–water partition coefficient (Wildman–Crippen LogP) is 4.67. The molecule has 96 valence electrons. The summed E-state index contributed by atoms with van der Waals surface area (Å²) in [4.78, 5) is 0. The van der Waals surface area contributed by atoms with E-state index in [0.717, 1.165) is 19.0 Å². The Labute approximate surface area is 114 Å². The minimum atomic E-state index is 0.837. The van der Waals surface area contributed by atoms with Crippen molar-refractivity contribution >= 4 is 15.9 Å². The molecule has 0 fully saturated rings. The van der Waals surface area contributed by atoms with Gasteiger partial charge < -0.3 is 5.32 Å². The van der Waals surface area contributed by atoms with E-state index in [0.29, 0.717) is 0 Å². The van der Waals surface area contributed by atoms with Gasteiger partial charge in [-0.1, -0.05) is 54.8 Å². The highest BCUT2D eigenvalue weighted by Gasteiger charge is 1.98. The summed E-state index contributed by atoms with van der Waals surface area (Å²) in [6.07, 6.45) is 3.97. The molecule has 0 radical (unpaired) electrons. The van der Waals surface area contributed by atoms with Crippen LogP contribution in [0.4, 0.5) is 0 Å². The molecule has 0 unspecified atom stereocenters. The Bertz CT molecular complexity index is 334. The molecule has 2 heteroatoms. The maximum atomic E-state index is 3.52. The van der Waals surface area contributed by atoms with Gasteiger partial charge in [0.2, 0.25) is 0 Å². The van der Waals surface area contributed by atoms with E-state index < -0.39 is 0 Å². The van der Waals surface area contributed by atoms with Crippen LogP contribution in [0.5, 0.6) is 0 Å². The van der Waals surface area contributed by atoms with E-state index in [4.69, 9.17) is 0 Å². The van der Waals surface area contributed by atoms with Gasteiger partial charge in [-0.15, -0.1) is 0 Å². The second kappa shape index (κ2) is 7.88. The fourth-order valence-corrected chi connectivity index (χ4v) is 2.10. The van der Waals surface area contributed by atoms with Gasteiger partial charge in [0.15, 0.2) is 0 Å². The number of hydrogen-bond donors (Lipinski definition) is 1. The van der Waals surface area contributed by atoms with Crippen molar-refractivity contribution in [2.75, 3.05) is 6.54 Å². The highest BCUT2D eigenvalue weighted by Crippen LogP contribution is 2.16. The molecule has 0 atom stereocenters. The number of halogens is 1. The Morgan fingerprint density at radius 2 is 2.00 bits per heavy atom. The van der Waals surface area contributed by atoms with E-state index in [2.05, 4.69) is 60.2 Å². The van der Waals surface area contributed by atoms with Crippen LogP contribution in [0.25, 0.3) is 0 Å². The lowest BCUT2D eigenvalue weighted by Gasteiger charge is -2.07. The molecule has 1 aromatic carbocycles. The first-order valence-corrected chi connectivity index (χ1v) is 7.34. The Morgan fingerprint density at radius 1 is 1.24 bits per heavy atom. The molecular weight excluding hydrogens is 274 g/mol. The van der Waals surface area contributed by atoms with Gasteiger partial charge in [-0.25, -0.2) is 0 Å². The first-order valence-electron chi connectivity index (χ1n) is 6.55. The van der Waals surface area contributed by atoms with E-state index >= 15 is 0 Å². The zero-order valence-corrected chi connectivity index (χ0v) is 12.8. The van der Waals surface area contributed by atoms with Crippen molar-refractivity contribution in [3.63, 3.8) is 0 Å². The van der Waals surface area contributed by atoms with Gasteiger partial charge in [0.25, 0.3) is 0 Å². The first-order chi connectivity index (χ1) is 8.09. The molecule has 17 heavy (non-hydrogen) atoms. The second-order valence-electron chi connectivity index (χ2n) is 5.15. The Kier molecular flexibility index (Phi) is 6.83. The number of rotatable bonds is 7. The molecule has 0 saturated heterocycles. The maximum Gasteiger partial charge on any atom is 0.0205 e. The normalized spacial score (nSPS) is 11.1. The van der Waals surface area contributed by atoms with Crippen molar-refractivity contribution in [1.29, 1.82) is 0 Å². The molecule has 0 aliphatic heterocycles. The summed E-state index contributed by atoms with van der Waals surface area (Å²) in [6.45, 7) is 8.82. The number of benzene rings is 1. The predicted molar refractivity (Wildman–Crippen MR) is 79.3 cm³/mol. The number of unbranched alkanes of at least 4 members (excludes halogenated alkanes) is 1. The number of hydrogen-bond acceptors (Lipinski definition) is 1. The van der Waals surface area contributed by atoms with Crippen molar-refractivity contribution in [1.82, 2.24) is 5.32 Å². The summed E-state index contributed by atoms with van der Waals surface area (Å²) in [5.74, 6) is 0.837. The van der Waals surface area contributed by atoms with Crippen LogP contribution in [-0.2, 0) is 6.54 Å². The van der Waals surface area contributed by atoms with Crippen LogP contribution >= 0.6 is 15.9 Å². The lowest BCUT2D eigenvalue weighted by atomic mass is 10.1. The summed E-state index contributed by atoms with van der Waals surface area (Å²) in [5, 5.41) is 3.51. The Hall–Kier alpha value is -0.340. The lowest BCUT2D eigenvalue weighted by molar-refractivity contribution is 0.520. The average Bonchev–Trinajstić information content (AvgIpc) is 2.27. The molecule has 0 aromatic heterocycles. The lowest BCUT2D eigenvalue weighted by Crippen LogP contribution is -2.14. The summed E-state index contributed by atoms with van der Waals surface area (Å²) in [5.41, 5.74) is 2.68. The van der Waals surface area contributed by atoms with Gasteiger partial charge in [0.1, 0.15) is 0 Å². The van der Waals surface area contributed by atoms with E-state index in [1.165, 1.54) is 34.9 Å². The molecule has 0 spiro atoms. The average molecular weight is 298 g/mol. The van der Waals surface area contributed by atoms with Gasteiger partial charge in [0, 0.05) is 11.0 Å². The van der Waals surface area contributed by atoms with Gasteiger partial charge in [-0.3, -0.25) is 0 Å². The Balaban J connectivity index is 2.16. The molecule has 0 heterocycles. The fraction of sp³-hybridized carbons (Fsp3) is 0.600. The van der Waals surface area contributed by atoms with Crippen molar-refractivity contribution < 1.29 is 0 Å². The van der Waals surface area contributed by atoms with Crippen LogP contribution < -0.4 is 5.32 Å². The third-order valence-electron chi connectivity index (χ3n) is 2.94. The van der Waals surface area contributed by atoms with Crippen molar-refractivity contribution in [3.05, 3.63) is 33.8 Å². The summed E-state index contributed by atoms with van der Waals surface area (Å²) >= 11 is 3.52. The Morgan fingerprint density at radius 3 is 2.65 bits per heavy atom. The highest BCUT2D eigenvalue weighted by molar-refractivity contribution is 9.10. The molecule has 1 aromatic rings. The molecule has 1 nitrogen and oxygen atoms in total. The zero-order chi connectivity index (χ0) is 12.7. The van der Waals surface area contributed by atoms with Crippen molar-refractivity contribution in [3.8, 4) is 0 Å². The molecule has 0 aliphatic rings. The zero-order valence-electron chi connectivity index (χ0n) is 11.2. The summed E-state index contributed by atoms with van der Waals surface area (Å²) < 4.78 is 1.19. The quantitative estimate of drug-likeness (QED) is 0.721. The number of nitrogens with one attached hydrogen (secondary N) is 1. The topological polar surface area (TPSA) is 12.0 Å². The molecule has 0 aliphatic carbocycles. The largest absolute Gasteiger partial charge is 0.313 e. The molecule has 0 bridgehead atoms.